The van der Waals surface area contributed by atoms with Gasteiger partial charge in [-0.05, 0) is 5.56 Å². The van der Waals surface area contributed by atoms with E-state index in [-0.39, 0.29) is 5.43 Å². The van der Waals surface area contributed by atoms with Gasteiger partial charge in [0.2, 0.25) is 0 Å². The molecule has 0 spiro atoms. The van der Waals surface area contributed by atoms with Crippen molar-refractivity contribution in [3.8, 4) is 22.8 Å². The highest BCUT2D eigenvalue weighted by atomic mass is 16.5. The van der Waals surface area contributed by atoms with Gasteiger partial charge in [0.25, 0.3) is 0 Å². The van der Waals surface area contributed by atoms with Crippen molar-refractivity contribution in [3.05, 3.63) is 94.6 Å². The summed E-state index contributed by atoms with van der Waals surface area (Å²) >= 11 is 0. The fourth-order valence-corrected chi connectivity index (χ4v) is 2.94. The molecule has 4 rings (SSSR count). The van der Waals surface area contributed by atoms with Crippen molar-refractivity contribution in [1.82, 2.24) is 0 Å². The molecule has 4 nitrogen and oxygen atoms in total. The van der Waals surface area contributed by atoms with Crippen molar-refractivity contribution < 1.29 is 13.9 Å². The maximum atomic E-state index is 12.8. The zero-order valence-corrected chi connectivity index (χ0v) is 14.8. The Kier molecular flexibility index (Phi) is 4.62. The Morgan fingerprint density at radius 3 is 2.30 bits per heavy atom. The van der Waals surface area contributed by atoms with Gasteiger partial charge in [0.05, 0.1) is 7.11 Å². The van der Waals surface area contributed by atoms with Crippen LogP contribution in [0.5, 0.6) is 11.5 Å². The Balaban J connectivity index is 1.80. The largest absolute Gasteiger partial charge is 0.496 e. The summed E-state index contributed by atoms with van der Waals surface area (Å²) in [5, 5.41) is 0.409. The van der Waals surface area contributed by atoms with Crippen molar-refractivity contribution in [2.45, 2.75) is 6.61 Å². The molecule has 27 heavy (non-hydrogen) atoms. The number of hydrogen-bond acceptors (Lipinski definition) is 4. The van der Waals surface area contributed by atoms with Crippen LogP contribution in [0.25, 0.3) is 22.3 Å². The molecule has 0 aliphatic rings. The lowest BCUT2D eigenvalue weighted by atomic mass is 10.1. The third-order valence-corrected chi connectivity index (χ3v) is 4.30. The smallest absolute Gasteiger partial charge is 0.197 e. The number of ether oxygens (including phenoxy) is 2. The molecule has 0 fully saturated rings. The summed E-state index contributed by atoms with van der Waals surface area (Å²) in [5.74, 6) is 1.52. The molecule has 0 atom stereocenters. The molecule has 1 heterocycles. The van der Waals surface area contributed by atoms with Crippen LogP contribution in [-0.2, 0) is 6.61 Å². The molecular formula is C23H18O4. The van der Waals surface area contributed by atoms with Crippen LogP contribution in [-0.4, -0.2) is 7.11 Å². The van der Waals surface area contributed by atoms with Crippen LogP contribution in [0, 0.1) is 0 Å². The first-order valence-electron chi connectivity index (χ1n) is 8.62. The molecule has 0 saturated heterocycles. The second-order valence-corrected chi connectivity index (χ2v) is 6.11. The maximum absolute atomic E-state index is 12.8. The summed E-state index contributed by atoms with van der Waals surface area (Å²) in [6.45, 7) is 0.350. The van der Waals surface area contributed by atoms with Crippen LogP contribution < -0.4 is 14.9 Å². The van der Waals surface area contributed by atoms with Crippen LogP contribution in [0.1, 0.15) is 5.56 Å². The van der Waals surface area contributed by atoms with Gasteiger partial charge >= 0.3 is 0 Å². The third-order valence-electron chi connectivity index (χ3n) is 4.30. The first-order chi connectivity index (χ1) is 13.2. The molecule has 4 heteroatoms. The molecule has 134 valence electrons. The average molecular weight is 358 g/mol. The minimum Gasteiger partial charge on any atom is -0.496 e. The van der Waals surface area contributed by atoms with Gasteiger partial charge in [-0.15, -0.1) is 0 Å². The fourth-order valence-electron chi connectivity index (χ4n) is 2.94. The van der Waals surface area contributed by atoms with Crippen LogP contribution in [0.3, 0.4) is 0 Å². The summed E-state index contributed by atoms with van der Waals surface area (Å²) < 4.78 is 17.3. The van der Waals surface area contributed by atoms with Crippen LogP contribution in [0.4, 0.5) is 0 Å². The molecule has 0 bridgehead atoms. The Hall–Kier alpha value is -3.53. The zero-order valence-electron chi connectivity index (χ0n) is 14.8. The summed E-state index contributed by atoms with van der Waals surface area (Å²) in [6, 6.07) is 24.2. The van der Waals surface area contributed by atoms with Gasteiger partial charge in [-0.3, -0.25) is 4.79 Å². The molecule has 0 aliphatic carbocycles. The lowest BCUT2D eigenvalue weighted by Crippen LogP contribution is -2.05. The van der Waals surface area contributed by atoms with Crippen molar-refractivity contribution in [2.75, 3.05) is 7.11 Å². The lowest BCUT2D eigenvalue weighted by molar-refractivity contribution is 0.307. The van der Waals surface area contributed by atoms with E-state index in [0.29, 0.717) is 34.8 Å². The van der Waals surface area contributed by atoms with Gasteiger partial charge in [-0.25, -0.2) is 0 Å². The molecule has 0 saturated carbocycles. The molecule has 0 N–H and O–H groups in total. The van der Waals surface area contributed by atoms with E-state index in [1.807, 2.05) is 60.7 Å². The van der Waals surface area contributed by atoms with E-state index >= 15 is 0 Å². The van der Waals surface area contributed by atoms with E-state index in [1.54, 1.807) is 19.2 Å². The van der Waals surface area contributed by atoms with Crippen molar-refractivity contribution in [2.24, 2.45) is 0 Å². The van der Waals surface area contributed by atoms with Crippen LogP contribution in [0.15, 0.2) is 88.1 Å². The van der Waals surface area contributed by atoms with E-state index < -0.39 is 0 Å². The second-order valence-electron chi connectivity index (χ2n) is 6.11. The van der Waals surface area contributed by atoms with Gasteiger partial charge in [-0.2, -0.15) is 0 Å². The van der Waals surface area contributed by atoms with Crippen molar-refractivity contribution >= 4 is 11.0 Å². The predicted octanol–water partition coefficient (Wildman–Crippen LogP) is 5.05. The summed E-state index contributed by atoms with van der Waals surface area (Å²) in [6.07, 6.45) is 0. The minimum atomic E-state index is -0.152. The number of rotatable bonds is 5. The Labute approximate surface area is 156 Å². The molecule has 0 unspecified atom stereocenters. The molecule has 0 amide bonds. The predicted molar refractivity (Wildman–Crippen MR) is 105 cm³/mol. The van der Waals surface area contributed by atoms with E-state index in [1.165, 1.54) is 6.07 Å². The Bertz CT molecular complexity index is 1120. The Morgan fingerprint density at radius 1 is 0.889 bits per heavy atom. The van der Waals surface area contributed by atoms with Gasteiger partial charge in [-0.1, -0.05) is 60.7 Å². The third kappa shape index (κ3) is 3.55. The van der Waals surface area contributed by atoms with Gasteiger partial charge in [0.15, 0.2) is 5.43 Å². The normalized spacial score (nSPS) is 10.7. The molecule has 1 aromatic heterocycles. The molecule has 3 aromatic carbocycles. The van der Waals surface area contributed by atoms with Crippen LogP contribution >= 0.6 is 0 Å². The van der Waals surface area contributed by atoms with E-state index in [9.17, 15) is 4.79 Å². The summed E-state index contributed by atoms with van der Waals surface area (Å²) in [7, 11) is 1.57. The van der Waals surface area contributed by atoms with E-state index in [4.69, 9.17) is 13.9 Å². The van der Waals surface area contributed by atoms with Crippen molar-refractivity contribution in [1.29, 1.82) is 0 Å². The maximum Gasteiger partial charge on any atom is 0.197 e. The highest BCUT2D eigenvalue weighted by Gasteiger charge is 2.14. The molecule has 0 aliphatic heterocycles. The van der Waals surface area contributed by atoms with Crippen molar-refractivity contribution in [3.63, 3.8) is 0 Å². The fraction of sp³-hybridized carbons (Fsp3) is 0.0870. The highest BCUT2D eigenvalue weighted by Crippen LogP contribution is 2.32. The number of hydrogen-bond donors (Lipinski definition) is 0. The molecule has 0 radical (unpaired) electrons. The highest BCUT2D eigenvalue weighted by molar-refractivity contribution is 5.86. The first kappa shape index (κ1) is 16.9. The standard InChI is InChI=1S/C23H18O4/c1-25-18-12-21(26-15-16-8-4-2-5-9-16)23-19(24)14-20(27-22(23)13-18)17-10-6-3-7-11-17/h2-14H,15H2,1H3. The Morgan fingerprint density at radius 2 is 1.59 bits per heavy atom. The minimum absolute atomic E-state index is 0.152. The lowest BCUT2D eigenvalue weighted by Gasteiger charge is -2.12. The summed E-state index contributed by atoms with van der Waals surface area (Å²) in [5.41, 5.74) is 2.13. The first-order valence-corrected chi connectivity index (χ1v) is 8.62. The summed E-state index contributed by atoms with van der Waals surface area (Å²) in [4.78, 5) is 12.8. The number of fused-ring (bicyclic) bond motifs is 1. The number of methoxy groups -OCH3 is 1. The van der Waals surface area contributed by atoms with Gasteiger partial charge < -0.3 is 13.9 Å². The quantitative estimate of drug-likeness (QED) is 0.501. The van der Waals surface area contributed by atoms with E-state index in [0.717, 1.165) is 11.1 Å². The van der Waals surface area contributed by atoms with Crippen LogP contribution in [0.2, 0.25) is 0 Å². The number of benzene rings is 3. The van der Waals surface area contributed by atoms with Gasteiger partial charge in [0, 0.05) is 23.8 Å². The zero-order chi connectivity index (χ0) is 18.6. The average Bonchev–Trinajstić information content (AvgIpc) is 2.72. The molecular weight excluding hydrogens is 340 g/mol. The van der Waals surface area contributed by atoms with Gasteiger partial charge in [0.1, 0.15) is 34.8 Å². The topological polar surface area (TPSA) is 48.7 Å². The SMILES string of the molecule is COc1cc(OCc2ccccc2)c2c(=O)cc(-c3ccccc3)oc2c1. The second kappa shape index (κ2) is 7.38. The molecule has 4 aromatic rings. The van der Waals surface area contributed by atoms with E-state index in [2.05, 4.69) is 0 Å². The monoisotopic (exact) mass is 358 g/mol.